The first kappa shape index (κ1) is 25.6. The van der Waals surface area contributed by atoms with E-state index in [1.807, 2.05) is 51.1 Å². The zero-order valence-electron chi connectivity index (χ0n) is 18.7. The van der Waals surface area contributed by atoms with Gasteiger partial charge >= 0.3 is 6.09 Å². The van der Waals surface area contributed by atoms with Crippen LogP contribution in [0.15, 0.2) is 30.3 Å². The van der Waals surface area contributed by atoms with Crippen molar-refractivity contribution in [3.05, 3.63) is 35.9 Å². The molecule has 0 unspecified atom stereocenters. The lowest BCUT2D eigenvalue weighted by Gasteiger charge is -2.33. The second-order valence-electron chi connectivity index (χ2n) is 8.04. The number of ether oxygens (including phenoxy) is 1. The third-order valence-corrected chi connectivity index (χ3v) is 6.52. The normalized spacial score (nSPS) is 18.8. The Kier molecular flexibility index (Phi) is 9.42. The van der Waals surface area contributed by atoms with Gasteiger partial charge in [-0.25, -0.2) is 4.79 Å². The summed E-state index contributed by atoms with van der Waals surface area (Å²) in [6, 6.07) is 7.44. The first-order valence-electron chi connectivity index (χ1n) is 10.5. The van der Waals surface area contributed by atoms with Gasteiger partial charge in [0, 0.05) is 11.3 Å². The van der Waals surface area contributed by atoms with Gasteiger partial charge in [-0.3, -0.25) is 9.59 Å². The van der Waals surface area contributed by atoms with Gasteiger partial charge in [0.05, 0.1) is 11.9 Å². The van der Waals surface area contributed by atoms with Crippen molar-refractivity contribution < 1.29 is 24.2 Å². The van der Waals surface area contributed by atoms with Crippen molar-refractivity contribution in [2.45, 2.75) is 56.5 Å². The molecule has 0 bridgehead atoms. The number of hydrogen-bond donors (Lipinski definition) is 3. The van der Waals surface area contributed by atoms with E-state index in [0.29, 0.717) is 6.54 Å². The van der Waals surface area contributed by atoms with Crippen LogP contribution in [0.3, 0.4) is 0 Å². The third-order valence-electron chi connectivity index (χ3n) is 5.15. The number of amides is 3. The zero-order chi connectivity index (χ0) is 23.7. The maximum absolute atomic E-state index is 13.3. The van der Waals surface area contributed by atoms with Gasteiger partial charge in [-0.1, -0.05) is 43.2 Å². The Hall–Kier alpha value is -2.70. The van der Waals surface area contributed by atoms with E-state index in [2.05, 4.69) is 16.6 Å². The van der Waals surface area contributed by atoms with Crippen LogP contribution in [0.25, 0.3) is 0 Å². The number of terminal acetylenes is 1. The van der Waals surface area contributed by atoms with Crippen LogP contribution in [0.5, 0.6) is 0 Å². The highest BCUT2D eigenvalue weighted by Gasteiger charge is 2.49. The van der Waals surface area contributed by atoms with Crippen LogP contribution in [0, 0.1) is 12.3 Å². The third kappa shape index (κ3) is 6.65. The number of alkyl carbamates (subject to hydrolysis) is 1. The number of hydrogen-bond acceptors (Lipinski definition) is 6. The van der Waals surface area contributed by atoms with E-state index in [-0.39, 0.29) is 24.8 Å². The maximum atomic E-state index is 13.3. The molecule has 9 heteroatoms. The number of nitrogens with zero attached hydrogens (tertiary/aromatic N) is 1. The number of benzene rings is 1. The highest BCUT2D eigenvalue weighted by atomic mass is 32.2. The summed E-state index contributed by atoms with van der Waals surface area (Å²) in [5.74, 6) is 1.56. The van der Waals surface area contributed by atoms with Gasteiger partial charge < -0.3 is 25.4 Å². The molecule has 0 aliphatic carbocycles. The highest BCUT2D eigenvalue weighted by molar-refractivity contribution is 8.00. The molecule has 1 fully saturated rings. The standard InChI is InChI=1S/C23H31N3O5S/c1-5-12-24-20(28)19-23(3,4)32-15-26(19)21(29)18(27)17(25-22(30)31-13-6-2)14-16-10-8-7-9-11-16/h2,7-11,17-19,27H,5,12-15H2,1,3-4H3,(H,24,28)(H,25,30)/t17-,18-,19+/m0/s1. The van der Waals surface area contributed by atoms with Crippen molar-refractivity contribution in [2.75, 3.05) is 19.0 Å². The van der Waals surface area contributed by atoms with E-state index >= 15 is 0 Å². The van der Waals surface area contributed by atoms with Crippen LogP contribution in [0.2, 0.25) is 0 Å². The fraction of sp³-hybridized carbons (Fsp3) is 0.522. The minimum Gasteiger partial charge on any atom is -0.436 e. The molecule has 8 nitrogen and oxygen atoms in total. The largest absolute Gasteiger partial charge is 0.436 e. The molecule has 0 saturated carbocycles. The number of nitrogens with one attached hydrogen (secondary N) is 2. The Bertz CT molecular complexity index is 840. The molecule has 1 saturated heterocycles. The van der Waals surface area contributed by atoms with Crippen molar-refractivity contribution in [1.82, 2.24) is 15.5 Å². The first-order chi connectivity index (χ1) is 15.2. The molecule has 1 aliphatic rings. The monoisotopic (exact) mass is 461 g/mol. The van der Waals surface area contributed by atoms with Crippen LogP contribution in [0.1, 0.15) is 32.8 Å². The maximum Gasteiger partial charge on any atom is 0.408 e. The Labute approximate surface area is 193 Å². The second kappa shape index (κ2) is 11.8. The molecule has 2 rings (SSSR count). The SMILES string of the molecule is C#CCOC(=O)N[C@@H](Cc1ccccc1)[C@H](O)C(=O)N1CSC(C)(C)[C@H]1C(=O)NCCC. The van der Waals surface area contributed by atoms with Crippen LogP contribution >= 0.6 is 11.8 Å². The molecule has 0 aromatic heterocycles. The van der Waals surface area contributed by atoms with Crippen LogP contribution in [0.4, 0.5) is 4.79 Å². The molecule has 3 atom stereocenters. The van der Waals surface area contributed by atoms with Crippen molar-refractivity contribution >= 4 is 29.7 Å². The summed E-state index contributed by atoms with van der Waals surface area (Å²) < 4.78 is 4.33. The fourth-order valence-electron chi connectivity index (χ4n) is 3.51. The Morgan fingerprint density at radius 1 is 1.34 bits per heavy atom. The summed E-state index contributed by atoms with van der Waals surface area (Å²) >= 11 is 1.46. The predicted molar refractivity (Wildman–Crippen MR) is 124 cm³/mol. The van der Waals surface area contributed by atoms with E-state index in [4.69, 9.17) is 11.2 Å². The molecule has 1 heterocycles. The molecule has 3 N–H and O–H groups in total. The second-order valence-corrected chi connectivity index (χ2v) is 9.64. The Balaban J connectivity index is 2.23. The van der Waals surface area contributed by atoms with Gasteiger partial charge in [-0.15, -0.1) is 18.2 Å². The lowest BCUT2D eigenvalue weighted by atomic mass is 9.97. The minimum absolute atomic E-state index is 0.190. The van der Waals surface area contributed by atoms with Crippen molar-refractivity contribution in [1.29, 1.82) is 0 Å². The summed E-state index contributed by atoms with van der Waals surface area (Å²) in [6.07, 6.45) is 3.67. The molecular weight excluding hydrogens is 430 g/mol. The van der Waals surface area contributed by atoms with Gasteiger partial charge in [0.1, 0.15) is 6.04 Å². The molecule has 0 radical (unpaired) electrons. The lowest BCUT2D eigenvalue weighted by molar-refractivity contribution is -0.147. The van der Waals surface area contributed by atoms with E-state index in [9.17, 15) is 19.5 Å². The molecule has 1 aromatic rings. The smallest absolute Gasteiger partial charge is 0.408 e. The van der Waals surface area contributed by atoms with E-state index in [1.165, 1.54) is 16.7 Å². The first-order valence-corrected chi connectivity index (χ1v) is 11.5. The highest BCUT2D eigenvalue weighted by Crippen LogP contribution is 2.39. The quantitative estimate of drug-likeness (QED) is 0.482. The van der Waals surface area contributed by atoms with Gasteiger partial charge in [0.2, 0.25) is 5.91 Å². The van der Waals surface area contributed by atoms with Crippen LogP contribution in [-0.2, 0) is 20.7 Å². The number of aliphatic hydroxyl groups excluding tert-OH is 1. The van der Waals surface area contributed by atoms with Crippen molar-refractivity contribution in [2.24, 2.45) is 0 Å². The van der Waals surface area contributed by atoms with Gasteiger partial charge in [-0.05, 0) is 32.3 Å². The average Bonchev–Trinajstić information content (AvgIpc) is 3.10. The number of carbonyl (C=O) groups excluding carboxylic acids is 3. The molecule has 174 valence electrons. The molecule has 1 aliphatic heterocycles. The minimum atomic E-state index is -1.58. The fourth-order valence-corrected chi connectivity index (χ4v) is 4.65. The average molecular weight is 462 g/mol. The predicted octanol–water partition coefficient (Wildman–Crippen LogP) is 1.52. The van der Waals surface area contributed by atoms with Gasteiger partial charge in [-0.2, -0.15) is 0 Å². The van der Waals surface area contributed by atoms with E-state index < -0.39 is 34.9 Å². The summed E-state index contributed by atoms with van der Waals surface area (Å²) in [5.41, 5.74) is 0.815. The molecule has 1 aromatic carbocycles. The number of rotatable bonds is 9. The summed E-state index contributed by atoms with van der Waals surface area (Å²) in [4.78, 5) is 39.6. The molecular formula is C23H31N3O5S. The van der Waals surface area contributed by atoms with Crippen LogP contribution in [-0.4, -0.2) is 69.9 Å². The number of thioether (sulfide) groups is 1. The van der Waals surface area contributed by atoms with E-state index in [1.54, 1.807) is 0 Å². The topological polar surface area (TPSA) is 108 Å². The Morgan fingerprint density at radius 2 is 2.03 bits per heavy atom. The van der Waals surface area contributed by atoms with Gasteiger partial charge in [0.15, 0.2) is 12.7 Å². The van der Waals surface area contributed by atoms with Crippen molar-refractivity contribution in [3.63, 3.8) is 0 Å². The van der Waals surface area contributed by atoms with E-state index in [0.717, 1.165) is 12.0 Å². The van der Waals surface area contributed by atoms with Crippen LogP contribution < -0.4 is 10.6 Å². The summed E-state index contributed by atoms with van der Waals surface area (Å²) in [6.45, 7) is 6.00. The Morgan fingerprint density at radius 3 is 2.66 bits per heavy atom. The summed E-state index contributed by atoms with van der Waals surface area (Å²) in [5, 5.41) is 16.4. The van der Waals surface area contributed by atoms with Gasteiger partial charge in [0.25, 0.3) is 5.91 Å². The van der Waals surface area contributed by atoms with Crippen molar-refractivity contribution in [3.8, 4) is 12.3 Å². The molecule has 0 spiro atoms. The molecule has 3 amide bonds. The zero-order valence-corrected chi connectivity index (χ0v) is 19.5. The summed E-state index contributed by atoms with van der Waals surface area (Å²) in [7, 11) is 0. The lowest BCUT2D eigenvalue weighted by Crippen LogP contribution is -2.58. The number of carbonyl (C=O) groups is 3. The number of aliphatic hydroxyl groups is 1. The molecule has 32 heavy (non-hydrogen) atoms.